The number of aromatic hydroxyl groups is 1. The number of amides is 3. The van der Waals surface area contributed by atoms with Crippen LogP contribution in [0, 0.1) is 0 Å². The summed E-state index contributed by atoms with van der Waals surface area (Å²) in [6.45, 7) is 13.3. The number of rotatable bonds is 11. The number of benzene rings is 2. The van der Waals surface area contributed by atoms with Crippen LogP contribution in [0.25, 0.3) is 0 Å². The minimum absolute atomic E-state index is 0.0630. The molecule has 0 heterocycles. The fraction of sp³-hybridized carbons (Fsp3) is 0.571. The van der Waals surface area contributed by atoms with Crippen LogP contribution in [0.4, 0.5) is 4.79 Å². The Balaban J connectivity index is 2.09. The second-order valence-electron chi connectivity index (χ2n) is 13.3. The number of phenols is 1. The summed E-state index contributed by atoms with van der Waals surface area (Å²) >= 11 is 0. The molecule has 43 heavy (non-hydrogen) atoms. The lowest BCUT2D eigenvalue weighted by molar-refractivity contribution is -0.149. The maximum atomic E-state index is 14.8. The topological polar surface area (TPSA) is 108 Å². The van der Waals surface area contributed by atoms with Crippen LogP contribution in [0.1, 0.15) is 110 Å². The van der Waals surface area contributed by atoms with Crippen LogP contribution >= 0.6 is 0 Å². The molecule has 1 aliphatic carbocycles. The molecule has 1 saturated carbocycles. The highest BCUT2D eigenvalue weighted by Gasteiger charge is 2.43. The van der Waals surface area contributed by atoms with Crippen LogP contribution in [0.2, 0.25) is 0 Å². The van der Waals surface area contributed by atoms with Crippen molar-refractivity contribution in [1.29, 1.82) is 0 Å². The Hall–Kier alpha value is -3.55. The van der Waals surface area contributed by atoms with Crippen molar-refractivity contribution in [2.45, 2.75) is 129 Å². The third kappa shape index (κ3) is 9.73. The Bertz CT molecular complexity index is 1210. The summed E-state index contributed by atoms with van der Waals surface area (Å²) < 4.78 is 5.55. The van der Waals surface area contributed by atoms with Crippen LogP contribution in [0.5, 0.6) is 5.75 Å². The maximum Gasteiger partial charge on any atom is 0.408 e. The molecule has 3 rings (SSSR count). The number of phenolic OH excluding ortho intramolecular Hbond substituents is 1. The fourth-order valence-electron chi connectivity index (χ4n) is 5.51. The molecular formula is C35H51N3O5. The number of alkyl carbamates (subject to hydrolysis) is 1. The van der Waals surface area contributed by atoms with Crippen LogP contribution in [0.3, 0.4) is 0 Å². The quantitative estimate of drug-likeness (QED) is 0.272. The molecule has 3 amide bonds. The summed E-state index contributed by atoms with van der Waals surface area (Å²) in [5.74, 6) is -0.490. The van der Waals surface area contributed by atoms with Gasteiger partial charge in [0.1, 0.15) is 23.4 Å². The molecule has 2 atom stereocenters. The predicted molar refractivity (Wildman–Crippen MR) is 170 cm³/mol. The van der Waals surface area contributed by atoms with Crippen LogP contribution in [0.15, 0.2) is 48.5 Å². The van der Waals surface area contributed by atoms with Gasteiger partial charge in [0, 0.05) is 18.0 Å². The average molecular weight is 594 g/mol. The molecule has 0 saturated heterocycles. The molecule has 0 radical (unpaired) electrons. The molecular weight excluding hydrogens is 542 g/mol. The van der Waals surface area contributed by atoms with Gasteiger partial charge in [0.25, 0.3) is 0 Å². The number of hydrogen-bond acceptors (Lipinski definition) is 5. The Morgan fingerprint density at radius 1 is 0.907 bits per heavy atom. The summed E-state index contributed by atoms with van der Waals surface area (Å²) in [6.07, 6.45) is 6.02. The molecule has 1 aliphatic rings. The summed E-state index contributed by atoms with van der Waals surface area (Å²) in [6, 6.07) is 12.6. The summed E-state index contributed by atoms with van der Waals surface area (Å²) in [5, 5.41) is 15.9. The number of carbonyl (C=O) groups is 3. The van der Waals surface area contributed by atoms with Crippen LogP contribution in [-0.2, 0) is 27.2 Å². The number of hydrogen-bond donors (Lipinski definition) is 3. The smallest absolute Gasteiger partial charge is 0.408 e. The average Bonchev–Trinajstić information content (AvgIpc) is 2.95. The van der Waals surface area contributed by atoms with Crippen LogP contribution in [-0.4, -0.2) is 51.1 Å². The molecule has 0 spiro atoms. The lowest BCUT2D eigenvalue weighted by atomic mass is 9.90. The van der Waals surface area contributed by atoms with E-state index in [1.165, 1.54) is 0 Å². The zero-order chi connectivity index (χ0) is 31.8. The summed E-state index contributed by atoms with van der Waals surface area (Å²) in [4.78, 5) is 43.7. The number of ether oxygens (including phenoxy) is 1. The first kappa shape index (κ1) is 33.9. The van der Waals surface area contributed by atoms with Crippen molar-refractivity contribution in [2.24, 2.45) is 0 Å². The van der Waals surface area contributed by atoms with Crippen molar-refractivity contribution in [2.75, 3.05) is 0 Å². The van der Waals surface area contributed by atoms with E-state index < -0.39 is 29.3 Å². The molecule has 8 nitrogen and oxygen atoms in total. The van der Waals surface area contributed by atoms with Gasteiger partial charge in [-0.15, -0.1) is 0 Å². The first-order valence-electron chi connectivity index (χ1n) is 15.7. The van der Waals surface area contributed by atoms with Crippen molar-refractivity contribution in [3.63, 3.8) is 0 Å². The summed E-state index contributed by atoms with van der Waals surface area (Å²) in [7, 11) is 0. The van der Waals surface area contributed by atoms with E-state index in [1.807, 2.05) is 45.0 Å². The van der Waals surface area contributed by atoms with Crippen LogP contribution < -0.4 is 10.6 Å². The normalized spacial score (nSPS) is 15.7. The highest BCUT2D eigenvalue weighted by molar-refractivity contribution is 5.93. The van der Waals surface area contributed by atoms with E-state index in [2.05, 4.69) is 17.6 Å². The standard InChI is InChI=1S/C35H51N3O5/c1-8-24-15-19-26(20-16-24)30(31(40)36-27-13-11-10-12-14-27)38(35(6,7)9-2)32(41)29(37-33(42)43-34(3,4)5)23-25-17-21-28(39)22-18-25/h15-22,27,29-30,39H,8-14,23H2,1-7H3,(H,36,40)(H,37,42). The van der Waals surface area contributed by atoms with Crippen molar-refractivity contribution in [3.05, 3.63) is 65.2 Å². The Labute approximate surface area is 257 Å². The van der Waals surface area contributed by atoms with E-state index in [9.17, 15) is 19.5 Å². The molecule has 2 aromatic carbocycles. The molecule has 0 aromatic heterocycles. The van der Waals surface area contributed by atoms with E-state index in [1.54, 1.807) is 49.9 Å². The highest BCUT2D eigenvalue weighted by atomic mass is 16.6. The summed E-state index contributed by atoms with van der Waals surface area (Å²) in [5.41, 5.74) is 1.11. The highest BCUT2D eigenvalue weighted by Crippen LogP contribution is 2.33. The van der Waals surface area contributed by atoms with Crippen molar-refractivity contribution in [3.8, 4) is 5.75 Å². The van der Waals surface area contributed by atoms with Crippen molar-refractivity contribution < 1.29 is 24.2 Å². The molecule has 0 bridgehead atoms. The van der Waals surface area contributed by atoms with E-state index >= 15 is 0 Å². The molecule has 2 aromatic rings. The lowest BCUT2D eigenvalue weighted by Crippen LogP contribution is -2.60. The number of carbonyl (C=O) groups excluding carboxylic acids is 3. The van der Waals surface area contributed by atoms with Gasteiger partial charge in [0.05, 0.1) is 0 Å². The lowest BCUT2D eigenvalue weighted by Gasteiger charge is -2.45. The van der Waals surface area contributed by atoms with Gasteiger partial charge in [0.15, 0.2) is 0 Å². The van der Waals surface area contributed by atoms with Gasteiger partial charge in [-0.25, -0.2) is 4.79 Å². The van der Waals surface area contributed by atoms with Gasteiger partial charge in [-0.3, -0.25) is 9.59 Å². The zero-order valence-corrected chi connectivity index (χ0v) is 27.0. The van der Waals surface area contributed by atoms with Crippen molar-refractivity contribution in [1.82, 2.24) is 15.5 Å². The third-order valence-corrected chi connectivity index (χ3v) is 8.28. The van der Waals surface area contributed by atoms with Gasteiger partial charge in [-0.1, -0.05) is 69.5 Å². The predicted octanol–water partition coefficient (Wildman–Crippen LogP) is 6.60. The van der Waals surface area contributed by atoms with Crippen molar-refractivity contribution >= 4 is 17.9 Å². The molecule has 0 aliphatic heterocycles. The largest absolute Gasteiger partial charge is 0.508 e. The first-order chi connectivity index (χ1) is 20.2. The van der Waals surface area contributed by atoms with E-state index in [0.717, 1.165) is 55.2 Å². The fourth-order valence-corrected chi connectivity index (χ4v) is 5.51. The second kappa shape index (κ2) is 14.8. The Morgan fingerprint density at radius 2 is 1.49 bits per heavy atom. The van der Waals surface area contributed by atoms with Gasteiger partial charge < -0.3 is 25.4 Å². The SMILES string of the molecule is CCc1ccc(C(C(=O)NC2CCCCC2)N(C(=O)C(Cc2ccc(O)cc2)NC(=O)OC(C)(C)C)C(C)(C)CC)cc1. The molecule has 8 heteroatoms. The van der Waals surface area contributed by atoms with E-state index in [-0.39, 0.29) is 30.0 Å². The second-order valence-corrected chi connectivity index (χ2v) is 13.3. The van der Waals surface area contributed by atoms with Gasteiger partial charge in [-0.05, 0) is 89.1 Å². The van der Waals surface area contributed by atoms with E-state index in [0.29, 0.717) is 6.42 Å². The minimum atomic E-state index is -1.02. The van der Waals surface area contributed by atoms with Gasteiger partial charge >= 0.3 is 6.09 Å². The third-order valence-electron chi connectivity index (χ3n) is 8.28. The molecule has 3 N–H and O–H groups in total. The van der Waals surface area contributed by atoms with E-state index in [4.69, 9.17) is 4.74 Å². The number of aryl methyl sites for hydroxylation is 1. The first-order valence-corrected chi connectivity index (χ1v) is 15.7. The molecule has 1 fully saturated rings. The molecule has 236 valence electrons. The number of nitrogens with one attached hydrogen (secondary N) is 2. The zero-order valence-electron chi connectivity index (χ0n) is 27.0. The maximum absolute atomic E-state index is 14.8. The Kier molecular flexibility index (Phi) is 11.7. The minimum Gasteiger partial charge on any atom is -0.508 e. The van der Waals surface area contributed by atoms with Gasteiger partial charge in [-0.2, -0.15) is 0 Å². The van der Waals surface area contributed by atoms with Gasteiger partial charge in [0.2, 0.25) is 11.8 Å². The molecule has 2 unspecified atom stereocenters. The number of nitrogens with zero attached hydrogens (tertiary/aromatic N) is 1. The monoisotopic (exact) mass is 593 g/mol. The Morgan fingerprint density at radius 3 is 2.02 bits per heavy atom.